The lowest BCUT2D eigenvalue weighted by atomic mass is 9.85. The molecular weight excluding hydrogens is 480 g/mol. The van der Waals surface area contributed by atoms with Gasteiger partial charge in [-0.2, -0.15) is 0 Å². The Morgan fingerprint density at radius 1 is 1.00 bits per heavy atom. The molecule has 0 saturated carbocycles. The van der Waals surface area contributed by atoms with Crippen molar-refractivity contribution in [3.05, 3.63) is 78.0 Å². The Hall–Kier alpha value is -4.24. The highest BCUT2D eigenvalue weighted by molar-refractivity contribution is 6.00. The third-order valence-corrected chi connectivity index (χ3v) is 6.90. The van der Waals surface area contributed by atoms with E-state index in [9.17, 15) is 14.7 Å². The van der Waals surface area contributed by atoms with Crippen LogP contribution in [0.5, 0.6) is 0 Å². The number of carbonyl (C=O) groups is 2. The van der Waals surface area contributed by atoms with Crippen LogP contribution in [0, 0.1) is 0 Å². The molecular formula is C29H32N6O3. The maximum absolute atomic E-state index is 13.4. The van der Waals surface area contributed by atoms with Gasteiger partial charge in [0.15, 0.2) is 5.82 Å². The minimum atomic E-state index is -0.820. The molecule has 0 aliphatic carbocycles. The van der Waals surface area contributed by atoms with Gasteiger partial charge >= 0.3 is 0 Å². The number of carbonyl (C=O) groups excluding carboxylic acids is 2. The van der Waals surface area contributed by atoms with E-state index in [1.54, 1.807) is 11.0 Å². The quantitative estimate of drug-likeness (QED) is 0.269. The van der Waals surface area contributed by atoms with Gasteiger partial charge in [-0.15, -0.1) is 0 Å². The third-order valence-electron chi connectivity index (χ3n) is 6.90. The zero-order chi connectivity index (χ0) is 26.5. The Morgan fingerprint density at radius 2 is 1.68 bits per heavy atom. The molecule has 196 valence electrons. The summed E-state index contributed by atoms with van der Waals surface area (Å²) in [4.78, 5) is 39.1. The highest BCUT2D eigenvalue weighted by atomic mass is 16.3. The van der Waals surface area contributed by atoms with Crippen molar-refractivity contribution in [2.24, 2.45) is 0 Å². The van der Waals surface area contributed by atoms with Crippen molar-refractivity contribution < 1.29 is 14.7 Å². The molecule has 3 heterocycles. The van der Waals surface area contributed by atoms with E-state index in [2.05, 4.69) is 15.6 Å². The van der Waals surface area contributed by atoms with Crippen molar-refractivity contribution in [3.8, 4) is 11.4 Å². The fraction of sp³-hybridized carbons (Fsp3) is 0.310. The van der Waals surface area contributed by atoms with Crippen molar-refractivity contribution >= 4 is 28.7 Å². The number of aromatic nitrogens is 3. The summed E-state index contributed by atoms with van der Waals surface area (Å²) in [6, 6.07) is 21.4. The van der Waals surface area contributed by atoms with Crippen molar-refractivity contribution in [2.45, 2.75) is 31.8 Å². The number of hydrogen-bond acceptors (Lipinski definition) is 6. The molecule has 38 heavy (non-hydrogen) atoms. The maximum atomic E-state index is 13.4. The predicted octanol–water partition coefficient (Wildman–Crippen LogP) is 3.38. The lowest BCUT2D eigenvalue weighted by molar-refractivity contribution is -0.118. The highest BCUT2D eigenvalue weighted by Crippen LogP contribution is 2.29. The van der Waals surface area contributed by atoms with Crippen LogP contribution in [0.1, 0.15) is 35.8 Å². The summed E-state index contributed by atoms with van der Waals surface area (Å²) in [5, 5.41) is 17.9. The Bertz CT molecular complexity index is 1410. The topological polar surface area (TPSA) is 123 Å². The molecule has 1 saturated heterocycles. The Kier molecular flexibility index (Phi) is 7.37. The first-order chi connectivity index (χ1) is 18.4. The van der Waals surface area contributed by atoms with E-state index in [4.69, 9.17) is 9.97 Å². The monoisotopic (exact) mass is 512 g/mol. The minimum absolute atomic E-state index is 0.101. The average Bonchev–Trinajstić information content (AvgIpc) is 3.36. The molecule has 9 heteroatoms. The lowest BCUT2D eigenvalue weighted by Crippen LogP contribution is -2.47. The summed E-state index contributed by atoms with van der Waals surface area (Å²) >= 11 is 0. The van der Waals surface area contributed by atoms with Gasteiger partial charge in [0.25, 0.3) is 5.91 Å². The number of nitrogens with zero attached hydrogens (tertiary/aromatic N) is 3. The zero-order valence-corrected chi connectivity index (χ0v) is 21.4. The summed E-state index contributed by atoms with van der Waals surface area (Å²) in [6.07, 6.45) is 1.61. The first-order valence-corrected chi connectivity index (χ1v) is 12.9. The van der Waals surface area contributed by atoms with Crippen LogP contribution < -0.4 is 10.6 Å². The van der Waals surface area contributed by atoms with Crippen LogP contribution in [-0.4, -0.2) is 68.6 Å². The molecule has 2 aromatic heterocycles. The van der Waals surface area contributed by atoms with Gasteiger partial charge in [-0.1, -0.05) is 60.7 Å². The smallest absolute Gasteiger partial charge is 0.270 e. The van der Waals surface area contributed by atoms with E-state index in [1.165, 1.54) is 6.92 Å². The summed E-state index contributed by atoms with van der Waals surface area (Å²) in [7, 11) is 0. The number of rotatable bonds is 8. The summed E-state index contributed by atoms with van der Waals surface area (Å²) in [5.41, 5.74) is 2.12. The Balaban J connectivity index is 1.35. The normalized spacial score (nSPS) is 14.8. The summed E-state index contributed by atoms with van der Waals surface area (Å²) in [6.45, 7) is 3.34. The number of anilines is 1. The number of nitrogens with one attached hydrogen (secondary N) is 3. The first kappa shape index (κ1) is 25.4. The van der Waals surface area contributed by atoms with Crippen LogP contribution >= 0.6 is 0 Å². The van der Waals surface area contributed by atoms with Gasteiger partial charge in [-0.05, 0) is 24.5 Å². The third kappa shape index (κ3) is 5.84. The number of benzene rings is 2. The van der Waals surface area contributed by atoms with Crippen molar-refractivity contribution in [2.75, 3.05) is 31.5 Å². The molecule has 0 atom stereocenters. The number of aliphatic hydroxyl groups is 1. The van der Waals surface area contributed by atoms with Gasteiger partial charge in [0.2, 0.25) is 5.91 Å². The fourth-order valence-electron chi connectivity index (χ4n) is 4.84. The number of hydrogen-bond donors (Lipinski definition) is 4. The fourth-order valence-corrected chi connectivity index (χ4v) is 4.84. The molecule has 1 fully saturated rings. The molecule has 1 aliphatic heterocycles. The van der Waals surface area contributed by atoms with Crippen molar-refractivity contribution in [1.82, 2.24) is 25.2 Å². The number of amides is 2. The SMILES string of the molecule is CC(=O)NCCNc1nc(-c2ccccc2)nc2[nH]c(C(=O)N3CCC(O)(Cc4ccccc4)CC3)cc12. The number of fused-ring (bicyclic) bond motifs is 1. The van der Waals surface area contributed by atoms with Gasteiger partial charge in [0, 0.05) is 45.1 Å². The lowest BCUT2D eigenvalue weighted by Gasteiger charge is -2.38. The van der Waals surface area contributed by atoms with Crippen molar-refractivity contribution in [3.63, 3.8) is 0 Å². The van der Waals surface area contributed by atoms with Crippen LogP contribution in [0.2, 0.25) is 0 Å². The molecule has 9 nitrogen and oxygen atoms in total. The van der Waals surface area contributed by atoms with Gasteiger partial charge < -0.3 is 25.6 Å². The number of aromatic amines is 1. The Labute approximate surface area is 221 Å². The predicted molar refractivity (Wildman–Crippen MR) is 147 cm³/mol. The standard InChI is InChI=1S/C29H32N6O3/c1-20(36)30-14-15-31-26-23-18-24(32-27(23)34-25(33-26)22-10-6-3-7-11-22)28(37)35-16-12-29(38,13-17-35)19-21-8-4-2-5-9-21/h2-11,18,38H,12-17,19H2,1H3,(H,30,36)(H2,31,32,33,34). The number of H-pyrrole nitrogens is 1. The molecule has 5 rings (SSSR count). The summed E-state index contributed by atoms with van der Waals surface area (Å²) in [5.74, 6) is 0.891. The van der Waals surface area contributed by atoms with Gasteiger partial charge in [0.1, 0.15) is 17.2 Å². The molecule has 4 aromatic rings. The van der Waals surface area contributed by atoms with Crippen LogP contribution in [-0.2, 0) is 11.2 Å². The van der Waals surface area contributed by atoms with Gasteiger partial charge in [0.05, 0.1) is 11.0 Å². The molecule has 1 aliphatic rings. The van der Waals surface area contributed by atoms with E-state index in [0.717, 1.165) is 11.1 Å². The second-order valence-electron chi connectivity index (χ2n) is 9.80. The van der Waals surface area contributed by atoms with Gasteiger partial charge in [-0.25, -0.2) is 9.97 Å². The molecule has 0 unspecified atom stereocenters. The largest absolute Gasteiger partial charge is 0.389 e. The second kappa shape index (κ2) is 11.0. The molecule has 0 spiro atoms. The van der Waals surface area contributed by atoms with E-state index < -0.39 is 5.60 Å². The Morgan fingerprint density at radius 3 is 2.37 bits per heavy atom. The van der Waals surface area contributed by atoms with E-state index in [1.807, 2.05) is 60.7 Å². The average molecular weight is 513 g/mol. The molecule has 2 amide bonds. The molecule has 2 aromatic carbocycles. The first-order valence-electron chi connectivity index (χ1n) is 12.9. The summed E-state index contributed by atoms with van der Waals surface area (Å²) < 4.78 is 0. The molecule has 0 radical (unpaired) electrons. The maximum Gasteiger partial charge on any atom is 0.270 e. The second-order valence-corrected chi connectivity index (χ2v) is 9.80. The molecule has 0 bridgehead atoms. The van der Waals surface area contributed by atoms with Crippen LogP contribution in [0.3, 0.4) is 0 Å². The van der Waals surface area contributed by atoms with E-state index in [0.29, 0.717) is 73.8 Å². The van der Waals surface area contributed by atoms with Crippen LogP contribution in [0.15, 0.2) is 66.7 Å². The van der Waals surface area contributed by atoms with Crippen LogP contribution in [0.4, 0.5) is 5.82 Å². The minimum Gasteiger partial charge on any atom is -0.389 e. The number of likely N-dealkylation sites (tertiary alicyclic amines) is 1. The highest BCUT2D eigenvalue weighted by Gasteiger charge is 2.34. The number of piperidine rings is 1. The van der Waals surface area contributed by atoms with Gasteiger partial charge in [-0.3, -0.25) is 9.59 Å². The van der Waals surface area contributed by atoms with Crippen LogP contribution in [0.25, 0.3) is 22.4 Å². The van der Waals surface area contributed by atoms with E-state index >= 15 is 0 Å². The molecule has 4 N–H and O–H groups in total. The van der Waals surface area contributed by atoms with Crippen molar-refractivity contribution in [1.29, 1.82) is 0 Å². The zero-order valence-electron chi connectivity index (χ0n) is 21.4. The van der Waals surface area contributed by atoms with E-state index in [-0.39, 0.29) is 11.8 Å².